The maximum atomic E-state index is 11.7. The molecule has 0 saturated carbocycles. The molecule has 1 aliphatic rings. The molecule has 1 aliphatic heterocycles. The minimum absolute atomic E-state index is 0.0296. The lowest BCUT2D eigenvalue weighted by Crippen LogP contribution is -2.38. The van der Waals surface area contributed by atoms with Crippen molar-refractivity contribution in [1.82, 2.24) is 10.2 Å². The average Bonchev–Trinajstić information content (AvgIpc) is 2.34. The molecule has 4 heteroatoms. The predicted octanol–water partition coefficient (Wildman–Crippen LogP) is 0.625. The van der Waals surface area contributed by atoms with E-state index < -0.39 is 0 Å². The van der Waals surface area contributed by atoms with Crippen molar-refractivity contribution in [2.24, 2.45) is 11.8 Å². The van der Waals surface area contributed by atoms with Gasteiger partial charge in [-0.05, 0) is 0 Å². The molecule has 1 heterocycles. The van der Waals surface area contributed by atoms with E-state index in [9.17, 15) is 9.59 Å². The number of likely N-dealkylation sites (tertiary alicyclic amines) is 1. The van der Waals surface area contributed by atoms with Gasteiger partial charge in [-0.2, -0.15) is 0 Å². The Morgan fingerprint density at radius 3 is 2.07 bits per heavy atom. The third-order valence-corrected chi connectivity index (χ3v) is 2.95. The summed E-state index contributed by atoms with van der Waals surface area (Å²) in [5.41, 5.74) is 0. The quantitative estimate of drug-likeness (QED) is 0.695. The van der Waals surface area contributed by atoms with Crippen molar-refractivity contribution in [3.63, 3.8) is 0 Å². The molecule has 1 rings (SSSR count). The van der Waals surface area contributed by atoms with Crippen molar-refractivity contribution in [2.45, 2.75) is 33.7 Å². The number of carbonyl (C=O) groups excluding carboxylic acids is 2. The maximum Gasteiger partial charge on any atom is 0.232 e. The first-order chi connectivity index (χ1) is 6.95. The average molecular weight is 212 g/mol. The molecule has 0 aromatic heterocycles. The molecule has 0 spiro atoms. The van der Waals surface area contributed by atoms with E-state index in [-0.39, 0.29) is 23.7 Å². The van der Waals surface area contributed by atoms with Gasteiger partial charge in [-0.15, -0.1) is 0 Å². The van der Waals surface area contributed by atoms with Crippen LogP contribution in [-0.2, 0) is 9.59 Å². The standard InChI is InChI=1S/C11H20N2O2/c1-7(2)12-5-6-13-10(14)8(3)9(4)11(13)15/h7-9,12H,5-6H2,1-4H3. The highest BCUT2D eigenvalue weighted by molar-refractivity contribution is 6.04. The number of amides is 2. The zero-order valence-corrected chi connectivity index (χ0v) is 9.91. The maximum absolute atomic E-state index is 11.7. The molecule has 2 unspecified atom stereocenters. The SMILES string of the molecule is CC(C)NCCN1C(=O)C(C)C(C)C1=O. The monoisotopic (exact) mass is 212 g/mol. The van der Waals surface area contributed by atoms with Crippen LogP contribution in [-0.4, -0.2) is 35.8 Å². The summed E-state index contributed by atoms with van der Waals surface area (Å²) in [6.45, 7) is 8.89. The molecular weight excluding hydrogens is 192 g/mol. The lowest BCUT2D eigenvalue weighted by atomic mass is 10.00. The van der Waals surface area contributed by atoms with E-state index >= 15 is 0 Å². The van der Waals surface area contributed by atoms with E-state index in [4.69, 9.17) is 0 Å². The van der Waals surface area contributed by atoms with Crippen molar-refractivity contribution < 1.29 is 9.59 Å². The highest BCUT2D eigenvalue weighted by Crippen LogP contribution is 2.24. The smallest absolute Gasteiger partial charge is 0.232 e. The summed E-state index contributed by atoms with van der Waals surface area (Å²) in [6.07, 6.45) is 0. The summed E-state index contributed by atoms with van der Waals surface area (Å²) >= 11 is 0. The molecule has 0 aliphatic carbocycles. The fraction of sp³-hybridized carbons (Fsp3) is 0.818. The molecule has 0 bridgehead atoms. The number of carbonyl (C=O) groups is 2. The highest BCUT2D eigenvalue weighted by atomic mass is 16.2. The Balaban J connectivity index is 2.48. The lowest BCUT2D eigenvalue weighted by molar-refractivity contribution is -0.139. The van der Waals surface area contributed by atoms with Gasteiger partial charge in [0.05, 0.1) is 0 Å². The van der Waals surface area contributed by atoms with Crippen molar-refractivity contribution in [2.75, 3.05) is 13.1 Å². The van der Waals surface area contributed by atoms with E-state index in [0.29, 0.717) is 19.1 Å². The van der Waals surface area contributed by atoms with Crippen molar-refractivity contribution in [3.05, 3.63) is 0 Å². The second-order valence-electron chi connectivity index (χ2n) is 4.51. The third-order valence-electron chi connectivity index (χ3n) is 2.95. The molecule has 86 valence electrons. The Morgan fingerprint density at radius 1 is 1.20 bits per heavy atom. The number of hydrogen-bond acceptors (Lipinski definition) is 3. The zero-order chi connectivity index (χ0) is 11.6. The van der Waals surface area contributed by atoms with E-state index in [1.807, 2.05) is 27.7 Å². The van der Waals surface area contributed by atoms with Crippen molar-refractivity contribution >= 4 is 11.8 Å². The van der Waals surface area contributed by atoms with Gasteiger partial charge in [0.2, 0.25) is 11.8 Å². The zero-order valence-electron chi connectivity index (χ0n) is 9.91. The molecule has 4 nitrogen and oxygen atoms in total. The minimum Gasteiger partial charge on any atom is -0.313 e. The Morgan fingerprint density at radius 2 is 1.67 bits per heavy atom. The molecule has 0 aromatic rings. The first kappa shape index (κ1) is 12.2. The fourth-order valence-corrected chi connectivity index (χ4v) is 1.71. The molecule has 1 saturated heterocycles. The van der Waals surface area contributed by atoms with E-state index in [2.05, 4.69) is 5.32 Å². The van der Waals surface area contributed by atoms with E-state index in [0.717, 1.165) is 0 Å². The van der Waals surface area contributed by atoms with Crippen LogP contribution in [0.5, 0.6) is 0 Å². The molecule has 1 fully saturated rings. The van der Waals surface area contributed by atoms with Gasteiger partial charge in [0.25, 0.3) is 0 Å². The van der Waals surface area contributed by atoms with Crippen LogP contribution in [0.1, 0.15) is 27.7 Å². The van der Waals surface area contributed by atoms with E-state index in [1.165, 1.54) is 4.90 Å². The molecule has 1 N–H and O–H groups in total. The molecule has 0 radical (unpaired) electrons. The molecular formula is C11H20N2O2. The van der Waals surface area contributed by atoms with Crippen LogP contribution in [0, 0.1) is 11.8 Å². The molecule has 15 heavy (non-hydrogen) atoms. The van der Waals surface area contributed by atoms with Crippen LogP contribution in [0.2, 0.25) is 0 Å². The second-order valence-corrected chi connectivity index (χ2v) is 4.51. The summed E-state index contributed by atoms with van der Waals surface area (Å²) in [4.78, 5) is 24.7. The van der Waals surface area contributed by atoms with Crippen LogP contribution in [0.15, 0.2) is 0 Å². The highest BCUT2D eigenvalue weighted by Gasteiger charge is 2.41. The normalized spacial score (nSPS) is 26.9. The molecule has 2 atom stereocenters. The molecule has 0 aromatic carbocycles. The minimum atomic E-state index is -0.156. The van der Waals surface area contributed by atoms with Crippen molar-refractivity contribution in [3.8, 4) is 0 Å². The van der Waals surface area contributed by atoms with Gasteiger partial charge in [0.1, 0.15) is 0 Å². The second kappa shape index (κ2) is 4.75. The van der Waals surface area contributed by atoms with Gasteiger partial charge in [-0.25, -0.2) is 0 Å². The van der Waals surface area contributed by atoms with Gasteiger partial charge in [0.15, 0.2) is 0 Å². The first-order valence-electron chi connectivity index (χ1n) is 5.53. The van der Waals surface area contributed by atoms with Crippen molar-refractivity contribution in [1.29, 1.82) is 0 Å². The number of hydrogen-bond donors (Lipinski definition) is 1. The molecule has 2 amide bonds. The van der Waals surface area contributed by atoms with E-state index in [1.54, 1.807) is 0 Å². The van der Waals surface area contributed by atoms with Crippen LogP contribution in [0.25, 0.3) is 0 Å². The van der Waals surface area contributed by atoms with Gasteiger partial charge < -0.3 is 5.32 Å². The Bertz CT molecular complexity index is 243. The number of rotatable bonds is 4. The number of imide groups is 1. The Labute approximate surface area is 91.0 Å². The summed E-state index contributed by atoms with van der Waals surface area (Å²) in [5, 5.41) is 3.20. The van der Waals surface area contributed by atoms with Gasteiger partial charge in [-0.3, -0.25) is 14.5 Å². The number of nitrogens with zero attached hydrogens (tertiary/aromatic N) is 1. The first-order valence-corrected chi connectivity index (χ1v) is 5.53. The topological polar surface area (TPSA) is 49.4 Å². The lowest BCUT2D eigenvalue weighted by Gasteiger charge is -2.16. The van der Waals surface area contributed by atoms with Gasteiger partial charge in [0, 0.05) is 31.0 Å². The third kappa shape index (κ3) is 2.56. The largest absolute Gasteiger partial charge is 0.313 e. The summed E-state index contributed by atoms with van der Waals surface area (Å²) < 4.78 is 0. The Hall–Kier alpha value is -0.900. The van der Waals surface area contributed by atoms with Gasteiger partial charge in [-0.1, -0.05) is 27.7 Å². The van der Waals surface area contributed by atoms with Gasteiger partial charge >= 0.3 is 0 Å². The van der Waals surface area contributed by atoms with Crippen LogP contribution >= 0.6 is 0 Å². The summed E-state index contributed by atoms with van der Waals surface area (Å²) in [5.74, 6) is -0.371. The van der Waals surface area contributed by atoms with Crippen LogP contribution in [0.3, 0.4) is 0 Å². The number of nitrogens with one attached hydrogen (secondary N) is 1. The van der Waals surface area contributed by atoms with Crippen LogP contribution < -0.4 is 5.32 Å². The summed E-state index contributed by atoms with van der Waals surface area (Å²) in [6, 6.07) is 0.382. The predicted molar refractivity (Wildman–Crippen MR) is 58.2 cm³/mol. The van der Waals surface area contributed by atoms with Crippen LogP contribution in [0.4, 0.5) is 0 Å². The summed E-state index contributed by atoms with van der Waals surface area (Å²) in [7, 11) is 0. The Kier molecular flexibility index (Phi) is 3.85. The fourth-order valence-electron chi connectivity index (χ4n) is 1.71.